The van der Waals surface area contributed by atoms with Crippen LogP contribution in [0.2, 0.25) is 0 Å². The van der Waals surface area contributed by atoms with E-state index >= 15 is 0 Å². The second kappa shape index (κ2) is 5.56. The molecule has 1 fully saturated rings. The number of hydrogen-bond acceptors (Lipinski definition) is 4. The molecule has 0 saturated carbocycles. The number of hydrogen-bond donors (Lipinski definition) is 1. The normalized spacial score (nSPS) is 22.6. The molecule has 0 aromatic carbocycles. The molecule has 6 nitrogen and oxygen atoms in total. The van der Waals surface area contributed by atoms with Crippen molar-refractivity contribution in [1.82, 2.24) is 15.1 Å². The summed E-state index contributed by atoms with van der Waals surface area (Å²) in [6, 6.07) is -0.544. The minimum absolute atomic E-state index is 0.0785. The van der Waals surface area contributed by atoms with Crippen molar-refractivity contribution in [1.29, 1.82) is 0 Å². The predicted molar refractivity (Wildman–Crippen MR) is 68.3 cm³/mol. The quantitative estimate of drug-likeness (QED) is 0.733. The standard InChI is InChI=1S/C12H23N3O3/c1-12(2,3)18-11(17)13-9-8-14(4)6-7-15(5)10(9)16/h9H,6-8H2,1-5H3,(H,13,17). The van der Waals surface area contributed by atoms with E-state index in [1.807, 2.05) is 11.9 Å². The second-order valence-corrected chi connectivity index (χ2v) is 5.72. The van der Waals surface area contributed by atoms with Crippen LogP contribution in [-0.2, 0) is 9.53 Å². The Morgan fingerprint density at radius 1 is 1.33 bits per heavy atom. The third kappa shape index (κ3) is 4.52. The van der Waals surface area contributed by atoms with Crippen LogP contribution in [0.25, 0.3) is 0 Å². The van der Waals surface area contributed by atoms with E-state index in [0.717, 1.165) is 6.54 Å². The molecular formula is C12H23N3O3. The first-order valence-corrected chi connectivity index (χ1v) is 6.12. The van der Waals surface area contributed by atoms with Crippen molar-refractivity contribution in [2.24, 2.45) is 0 Å². The molecule has 1 unspecified atom stereocenters. The maximum Gasteiger partial charge on any atom is 0.408 e. The summed E-state index contributed by atoms with van der Waals surface area (Å²) in [4.78, 5) is 27.3. The van der Waals surface area contributed by atoms with Crippen molar-refractivity contribution in [3.05, 3.63) is 0 Å². The van der Waals surface area contributed by atoms with E-state index in [4.69, 9.17) is 4.74 Å². The minimum atomic E-state index is -0.560. The van der Waals surface area contributed by atoms with E-state index in [-0.39, 0.29) is 5.91 Å². The molecule has 1 saturated heterocycles. The van der Waals surface area contributed by atoms with Gasteiger partial charge in [-0.05, 0) is 27.8 Å². The monoisotopic (exact) mass is 257 g/mol. The minimum Gasteiger partial charge on any atom is -0.444 e. The third-order valence-corrected chi connectivity index (χ3v) is 2.68. The van der Waals surface area contributed by atoms with Gasteiger partial charge in [0.15, 0.2) is 0 Å². The maximum atomic E-state index is 12.0. The molecule has 0 radical (unpaired) electrons. The number of ether oxygens (including phenoxy) is 1. The van der Waals surface area contributed by atoms with Crippen LogP contribution >= 0.6 is 0 Å². The Kier molecular flexibility index (Phi) is 4.56. The summed E-state index contributed by atoms with van der Waals surface area (Å²) in [5.41, 5.74) is -0.560. The molecule has 1 rings (SSSR count). The maximum absolute atomic E-state index is 12.0. The number of carbonyl (C=O) groups is 2. The first-order valence-electron chi connectivity index (χ1n) is 6.12. The van der Waals surface area contributed by atoms with Crippen molar-refractivity contribution in [2.45, 2.75) is 32.4 Å². The van der Waals surface area contributed by atoms with Crippen molar-refractivity contribution in [3.63, 3.8) is 0 Å². The highest BCUT2D eigenvalue weighted by Crippen LogP contribution is 2.08. The van der Waals surface area contributed by atoms with Gasteiger partial charge in [-0.25, -0.2) is 4.79 Å². The fraction of sp³-hybridized carbons (Fsp3) is 0.833. The Morgan fingerprint density at radius 3 is 2.50 bits per heavy atom. The lowest BCUT2D eigenvalue weighted by atomic mass is 10.2. The van der Waals surface area contributed by atoms with Crippen molar-refractivity contribution < 1.29 is 14.3 Å². The molecule has 1 N–H and O–H groups in total. The molecule has 0 spiro atoms. The summed E-state index contributed by atoms with van der Waals surface area (Å²) in [5.74, 6) is -0.0785. The number of likely N-dealkylation sites (N-methyl/N-ethyl adjacent to an activating group) is 2. The zero-order chi connectivity index (χ0) is 13.9. The molecule has 1 heterocycles. The summed E-state index contributed by atoms with van der Waals surface area (Å²) >= 11 is 0. The molecule has 2 amide bonds. The Balaban J connectivity index is 2.63. The molecule has 0 bridgehead atoms. The number of amides is 2. The zero-order valence-corrected chi connectivity index (χ0v) is 11.8. The number of nitrogens with one attached hydrogen (secondary N) is 1. The van der Waals surface area contributed by atoms with Gasteiger partial charge in [-0.1, -0.05) is 0 Å². The smallest absolute Gasteiger partial charge is 0.408 e. The topological polar surface area (TPSA) is 61.9 Å². The number of carbonyl (C=O) groups excluding carboxylic acids is 2. The number of nitrogens with zero attached hydrogens (tertiary/aromatic N) is 2. The van der Waals surface area contributed by atoms with Crippen molar-refractivity contribution in [2.75, 3.05) is 33.7 Å². The molecule has 1 atom stereocenters. The molecule has 104 valence electrons. The molecule has 0 aliphatic carbocycles. The molecule has 1 aliphatic rings. The van der Waals surface area contributed by atoms with Crippen LogP contribution in [0.5, 0.6) is 0 Å². The highest BCUT2D eigenvalue weighted by Gasteiger charge is 2.29. The number of alkyl carbamates (subject to hydrolysis) is 1. The van der Waals surface area contributed by atoms with Crippen LogP contribution in [0.4, 0.5) is 4.79 Å². The third-order valence-electron chi connectivity index (χ3n) is 2.68. The van der Waals surface area contributed by atoms with Gasteiger partial charge in [0.1, 0.15) is 11.6 Å². The van der Waals surface area contributed by atoms with Gasteiger partial charge >= 0.3 is 6.09 Å². The lowest BCUT2D eigenvalue weighted by Gasteiger charge is -2.24. The van der Waals surface area contributed by atoms with Gasteiger partial charge < -0.3 is 19.9 Å². The predicted octanol–water partition coefficient (Wildman–Crippen LogP) is 0.283. The van der Waals surface area contributed by atoms with Gasteiger partial charge in [-0.2, -0.15) is 0 Å². The number of rotatable bonds is 1. The summed E-state index contributed by atoms with van der Waals surface area (Å²) in [6.45, 7) is 7.35. The van der Waals surface area contributed by atoms with E-state index in [2.05, 4.69) is 5.32 Å². The average molecular weight is 257 g/mol. The van der Waals surface area contributed by atoms with Crippen LogP contribution in [0, 0.1) is 0 Å². The van der Waals surface area contributed by atoms with Gasteiger partial charge in [-0.15, -0.1) is 0 Å². The Hall–Kier alpha value is -1.30. The van der Waals surface area contributed by atoms with Gasteiger partial charge in [0.2, 0.25) is 5.91 Å². The zero-order valence-electron chi connectivity index (χ0n) is 11.8. The fourth-order valence-electron chi connectivity index (χ4n) is 1.74. The van der Waals surface area contributed by atoms with Gasteiger partial charge in [-0.3, -0.25) is 4.79 Å². The second-order valence-electron chi connectivity index (χ2n) is 5.72. The molecule has 6 heteroatoms. The highest BCUT2D eigenvalue weighted by atomic mass is 16.6. The highest BCUT2D eigenvalue weighted by molar-refractivity contribution is 5.86. The Bertz CT molecular complexity index is 325. The molecule has 18 heavy (non-hydrogen) atoms. The van der Waals surface area contributed by atoms with E-state index in [1.54, 1.807) is 32.7 Å². The summed E-state index contributed by atoms with van der Waals surface area (Å²) in [5, 5.41) is 2.63. The molecule has 0 aromatic heterocycles. The van der Waals surface area contributed by atoms with E-state index in [9.17, 15) is 9.59 Å². The molecule has 1 aliphatic heterocycles. The molecule has 0 aromatic rings. The van der Waals surface area contributed by atoms with Crippen LogP contribution in [-0.4, -0.2) is 67.2 Å². The first-order chi connectivity index (χ1) is 8.19. The van der Waals surface area contributed by atoms with E-state index < -0.39 is 17.7 Å². The summed E-state index contributed by atoms with van der Waals surface area (Å²) in [6.07, 6.45) is -0.551. The van der Waals surface area contributed by atoms with Crippen molar-refractivity contribution in [3.8, 4) is 0 Å². The van der Waals surface area contributed by atoms with Gasteiger partial charge in [0, 0.05) is 26.7 Å². The molecular weight excluding hydrogens is 234 g/mol. The van der Waals surface area contributed by atoms with Gasteiger partial charge in [0.25, 0.3) is 0 Å². The first kappa shape index (κ1) is 14.8. The lowest BCUT2D eigenvalue weighted by Crippen LogP contribution is -2.50. The van der Waals surface area contributed by atoms with Crippen LogP contribution in [0.1, 0.15) is 20.8 Å². The van der Waals surface area contributed by atoms with Gasteiger partial charge in [0.05, 0.1) is 0 Å². The Morgan fingerprint density at radius 2 is 1.94 bits per heavy atom. The SMILES string of the molecule is CN1CCN(C)C(=O)C(NC(=O)OC(C)(C)C)C1. The lowest BCUT2D eigenvalue weighted by molar-refractivity contribution is -0.131. The van der Waals surface area contributed by atoms with Crippen LogP contribution in [0.3, 0.4) is 0 Å². The summed E-state index contributed by atoms with van der Waals surface area (Å²) in [7, 11) is 3.67. The Labute approximate surface area is 108 Å². The average Bonchev–Trinajstić information content (AvgIpc) is 2.30. The fourth-order valence-corrected chi connectivity index (χ4v) is 1.74. The largest absolute Gasteiger partial charge is 0.444 e. The summed E-state index contributed by atoms with van der Waals surface area (Å²) < 4.78 is 5.16. The van der Waals surface area contributed by atoms with E-state index in [1.165, 1.54) is 0 Å². The van der Waals surface area contributed by atoms with Crippen LogP contribution in [0.15, 0.2) is 0 Å². The van der Waals surface area contributed by atoms with Crippen LogP contribution < -0.4 is 5.32 Å². The van der Waals surface area contributed by atoms with Crippen molar-refractivity contribution >= 4 is 12.0 Å². The van der Waals surface area contributed by atoms with E-state index in [0.29, 0.717) is 13.1 Å².